The molecule has 3 rings (SSSR count). The lowest BCUT2D eigenvalue weighted by Gasteiger charge is -2.20. The molecule has 2 nitrogen and oxygen atoms in total. The molecule has 1 aliphatic heterocycles. The van der Waals surface area contributed by atoms with Gasteiger partial charge in [0.2, 0.25) is 0 Å². The fraction of sp³-hybridized carbons (Fsp3) is 0.333. The second kappa shape index (κ2) is 5.68. The summed E-state index contributed by atoms with van der Waals surface area (Å²) in [7, 11) is 2.19. The summed E-state index contributed by atoms with van der Waals surface area (Å²) < 4.78 is 0. The van der Waals surface area contributed by atoms with E-state index in [9.17, 15) is 0 Å². The maximum atomic E-state index is 2.53. The zero-order chi connectivity index (χ0) is 13.9. The van der Waals surface area contributed by atoms with Crippen LogP contribution >= 0.6 is 0 Å². The van der Waals surface area contributed by atoms with Crippen LogP contribution in [0.3, 0.4) is 0 Å². The van der Waals surface area contributed by atoms with Crippen LogP contribution in [0.25, 0.3) is 0 Å². The van der Waals surface area contributed by atoms with Crippen LogP contribution in [0.4, 0.5) is 5.69 Å². The van der Waals surface area contributed by atoms with E-state index in [1.807, 2.05) is 0 Å². The molecule has 2 aromatic carbocycles. The normalized spacial score (nSPS) is 15.8. The minimum Gasteiger partial charge on any atom is -0.373 e. The SMILES string of the molecule is Cc1ccc(CN2CCN(C)c3ccccc3C2)cc1. The Labute approximate surface area is 121 Å². The van der Waals surface area contributed by atoms with Crippen molar-refractivity contribution in [2.75, 3.05) is 25.0 Å². The quantitative estimate of drug-likeness (QED) is 0.821. The Hall–Kier alpha value is -1.80. The third kappa shape index (κ3) is 2.86. The standard InChI is InChI=1S/C18H22N2/c1-15-7-9-16(10-8-15)13-20-12-11-19(2)18-6-4-3-5-17(18)14-20/h3-10H,11-14H2,1-2H3. The van der Waals surface area contributed by atoms with Gasteiger partial charge in [0.15, 0.2) is 0 Å². The zero-order valence-electron chi connectivity index (χ0n) is 12.3. The summed E-state index contributed by atoms with van der Waals surface area (Å²) in [6, 6.07) is 17.6. The third-order valence-electron chi connectivity index (χ3n) is 4.08. The maximum Gasteiger partial charge on any atom is 0.0409 e. The smallest absolute Gasteiger partial charge is 0.0409 e. The fourth-order valence-corrected chi connectivity index (χ4v) is 2.84. The van der Waals surface area contributed by atoms with Crippen molar-refractivity contribution >= 4 is 5.69 Å². The molecule has 1 heterocycles. The van der Waals surface area contributed by atoms with Crippen molar-refractivity contribution in [2.24, 2.45) is 0 Å². The van der Waals surface area contributed by atoms with Gasteiger partial charge in [-0.2, -0.15) is 0 Å². The lowest BCUT2D eigenvalue weighted by atomic mass is 10.1. The van der Waals surface area contributed by atoms with Gasteiger partial charge in [-0.1, -0.05) is 48.0 Å². The summed E-state index contributed by atoms with van der Waals surface area (Å²) in [5, 5.41) is 0. The number of benzene rings is 2. The van der Waals surface area contributed by atoms with Crippen molar-refractivity contribution in [2.45, 2.75) is 20.0 Å². The average molecular weight is 266 g/mol. The Bertz CT molecular complexity index is 574. The molecule has 20 heavy (non-hydrogen) atoms. The van der Waals surface area contributed by atoms with Crippen molar-refractivity contribution in [3.05, 3.63) is 65.2 Å². The van der Waals surface area contributed by atoms with Gasteiger partial charge in [0.1, 0.15) is 0 Å². The Morgan fingerprint density at radius 3 is 2.50 bits per heavy atom. The van der Waals surface area contributed by atoms with Crippen LogP contribution in [-0.2, 0) is 13.1 Å². The molecule has 0 atom stereocenters. The number of likely N-dealkylation sites (N-methyl/N-ethyl adjacent to an activating group) is 1. The first kappa shape index (κ1) is 13.2. The van der Waals surface area contributed by atoms with Gasteiger partial charge in [0.05, 0.1) is 0 Å². The van der Waals surface area contributed by atoms with E-state index < -0.39 is 0 Å². The maximum absolute atomic E-state index is 2.53. The van der Waals surface area contributed by atoms with Crippen molar-refractivity contribution in [1.82, 2.24) is 4.90 Å². The van der Waals surface area contributed by atoms with E-state index in [2.05, 4.69) is 72.3 Å². The lowest BCUT2D eigenvalue weighted by Crippen LogP contribution is -2.28. The van der Waals surface area contributed by atoms with Gasteiger partial charge in [-0.3, -0.25) is 4.90 Å². The van der Waals surface area contributed by atoms with Gasteiger partial charge in [-0.15, -0.1) is 0 Å². The molecule has 0 aromatic heterocycles. The molecule has 0 N–H and O–H groups in total. The number of para-hydroxylation sites is 1. The number of hydrogen-bond donors (Lipinski definition) is 0. The third-order valence-corrected chi connectivity index (χ3v) is 4.08. The van der Waals surface area contributed by atoms with Gasteiger partial charge in [-0.05, 0) is 24.1 Å². The fourth-order valence-electron chi connectivity index (χ4n) is 2.84. The summed E-state index contributed by atoms with van der Waals surface area (Å²) in [6.07, 6.45) is 0. The molecular formula is C18H22N2. The number of fused-ring (bicyclic) bond motifs is 1. The molecule has 0 spiro atoms. The highest BCUT2D eigenvalue weighted by molar-refractivity contribution is 5.53. The highest BCUT2D eigenvalue weighted by Crippen LogP contribution is 2.24. The van der Waals surface area contributed by atoms with Crippen LogP contribution in [0.15, 0.2) is 48.5 Å². The largest absolute Gasteiger partial charge is 0.373 e. The molecule has 0 fully saturated rings. The number of hydrogen-bond acceptors (Lipinski definition) is 2. The van der Waals surface area contributed by atoms with Crippen molar-refractivity contribution < 1.29 is 0 Å². The molecule has 0 unspecified atom stereocenters. The van der Waals surface area contributed by atoms with Crippen molar-refractivity contribution in [3.63, 3.8) is 0 Å². The number of nitrogens with zero attached hydrogens (tertiary/aromatic N) is 2. The van der Waals surface area contributed by atoms with Crippen molar-refractivity contribution in [1.29, 1.82) is 0 Å². The highest BCUT2D eigenvalue weighted by atomic mass is 15.2. The van der Waals surface area contributed by atoms with Crippen LogP contribution in [-0.4, -0.2) is 25.0 Å². The summed E-state index contributed by atoms with van der Waals surface area (Å²) >= 11 is 0. The molecule has 0 saturated heterocycles. The van der Waals surface area contributed by atoms with Gasteiger partial charge < -0.3 is 4.90 Å². The van der Waals surface area contributed by atoms with Crippen molar-refractivity contribution in [3.8, 4) is 0 Å². The molecule has 0 radical (unpaired) electrons. The molecule has 2 heteroatoms. The van der Waals surface area contributed by atoms with Gasteiger partial charge in [-0.25, -0.2) is 0 Å². The first-order valence-electron chi connectivity index (χ1n) is 7.29. The monoisotopic (exact) mass is 266 g/mol. The molecule has 0 aliphatic carbocycles. The molecule has 1 aliphatic rings. The molecule has 2 aromatic rings. The Morgan fingerprint density at radius 2 is 1.70 bits per heavy atom. The predicted octanol–water partition coefficient (Wildman–Crippen LogP) is 3.45. The number of aryl methyl sites for hydroxylation is 1. The molecule has 104 valence electrons. The number of anilines is 1. The topological polar surface area (TPSA) is 6.48 Å². The summed E-state index contributed by atoms with van der Waals surface area (Å²) in [5.41, 5.74) is 5.53. The van der Waals surface area contributed by atoms with E-state index in [1.165, 1.54) is 22.4 Å². The highest BCUT2D eigenvalue weighted by Gasteiger charge is 2.16. The summed E-state index contributed by atoms with van der Waals surface area (Å²) in [6.45, 7) is 6.40. The van der Waals surface area contributed by atoms with E-state index in [-0.39, 0.29) is 0 Å². The van der Waals surface area contributed by atoms with E-state index in [0.29, 0.717) is 0 Å². The van der Waals surface area contributed by atoms with E-state index in [0.717, 1.165) is 26.2 Å². The Balaban J connectivity index is 1.78. The average Bonchev–Trinajstić information content (AvgIpc) is 2.62. The second-order valence-electron chi connectivity index (χ2n) is 5.75. The predicted molar refractivity (Wildman–Crippen MR) is 85.0 cm³/mol. The summed E-state index contributed by atoms with van der Waals surface area (Å²) in [4.78, 5) is 4.90. The van der Waals surface area contributed by atoms with Gasteiger partial charge >= 0.3 is 0 Å². The minimum absolute atomic E-state index is 1.03. The second-order valence-corrected chi connectivity index (χ2v) is 5.75. The minimum atomic E-state index is 1.03. The molecule has 0 amide bonds. The Kier molecular flexibility index (Phi) is 3.75. The zero-order valence-corrected chi connectivity index (χ0v) is 12.3. The molecule has 0 saturated carbocycles. The first-order valence-corrected chi connectivity index (χ1v) is 7.29. The summed E-state index contributed by atoms with van der Waals surface area (Å²) in [5.74, 6) is 0. The number of rotatable bonds is 2. The van der Waals surface area contributed by atoms with Crippen LogP contribution in [0.5, 0.6) is 0 Å². The first-order chi connectivity index (χ1) is 9.72. The van der Waals surface area contributed by atoms with Crippen LogP contribution in [0.2, 0.25) is 0 Å². The Morgan fingerprint density at radius 1 is 0.950 bits per heavy atom. The van der Waals surface area contributed by atoms with E-state index >= 15 is 0 Å². The van der Waals surface area contributed by atoms with Crippen LogP contribution < -0.4 is 4.90 Å². The van der Waals surface area contributed by atoms with Crippen LogP contribution in [0.1, 0.15) is 16.7 Å². The molecular weight excluding hydrogens is 244 g/mol. The van der Waals surface area contributed by atoms with Crippen LogP contribution in [0, 0.1) is 6.92 Å². The van der Waals surface area contributed by atoms with E-state index in [1.54, 1.807) is 0 Å². The van der Waals surface area contributed by atoms with E-state index in [4.69, 9.17) is 0 Å². The lowest BCUT2D eigenvalue weighted by molar-refractivity contribution is 0.269. The van der Waals surface area contributed by atoms with Gasteiger partial charge in [0, 0.05) is 38.9 Å². The molecule has 0 bridgehead atoms. The van der Waals surface area contributed by atoms with Gasteiger partial charge in [0.25, 0.3) is 0 Å².